The third-order valence-corrected chi connectivity index (χ3v) is 6.93. The zero-order valence-electron chi connectivity index (χ0n) is 19.9. The van der Waals surface area contributed by atoms with E-state index in [1.165, 1.54) is 42.5 Å². The molecule has 0 aliphatic carbocycles. The van der Waals surface area contributed by atoms with E-state index in [9.17, 15) is 33.3 Å². The topological polar surface area (TPSA) is 163 Å². The van der Waals surface area contributed by atoms with Crippen LogP contribution >= 0.6 is 23.2 Å². The third-order valence-electron chi connectivity index (χ3n) is 4.68. The Balaban J connectivity index is 1.92. The first-order valence-electron chi connectivity index (χ1n) is 10.8. The van der Waals surface area contributed by atoms with Crippen molar-refractivity contribution in [2.45, 2.75) is 24.8 Å². The van der Waals surface area contributed by atoms with Crippen molar-refractivity contribution in [3.05, 3.63) is 64.6 Å². The summed E-state index contributed by atoms with van der Waals surface area (Å²) in [4.78, 5) is 24.5. The van der Waals surface area contributed by atoms with Crippen LogP contribution in [0.5, 0.6) is 28.7 Å². The first-order valence-corrected chi connectivity index (χ1v) is 13.0. The predicted octanol–water partition coefficient (Wildman–Crippen LogP) is 4.97. The smallest absolute Gasteiger partial charge is 0.420 e. The fraction of sp³-hybridized carbons (Fsp3) is 0.167. The number of nitrogens with one attached hydrogen (secondary N) is 1. The number of carbonyl (C=O) groups excluding carboxylic acids is 1. The van der Waals surface area contributed by atoms with Crippen LogP contribution in [0.15, 0.2) is 59.5 Å². The molecule has 11 nitrogen and oxygen atoms in total. The summed E-state index contributed by atoms with van der Waals surface area (Å²) in [5.74, 6) is -2.02. The van der Waals surface area contributed by atoms with Crippen LogP contribution in [-0.2, 0) is 14.8 Å². The molecule has 3 aromatic carbocycles. The lowest BCUT2D eigenvalue weighted by Crippen LogP contribution is -2.37. The SMILES string of the molecule is CC(C)NS(=O)(=O)c1cc(Oc2c(Cl)cc(N(CC(=O)O)C(=O)Oc3ccc(O)cc3)cc2Cl)ccc1O. The number of phenolic OH excluding ortho intramolecular Hbond substituents is 2. The fourth-order valence-electron chi connectivity index (χ4n) is 3.13. The molecular weight excluding hydrogens is 563 g/mol. The zero-order chi connectivity index (χ0) is 28.2. The summed E-state index contributed by atoms with van der Waals surface area (Å²) in [6.45, 7) is 2.43. The van der Waals surface area contributed by atoms with Crippen molar-refractivity contribution in [1.29, 1.82) is 0 Å². The molecule has 4 N–H and O–H groups in total. The number of carboxylic acid groups (broad SMARTS) is 1. The number of sulfonamides is 1. The average molecular weight is 585 g/mol. The maximum absolute atomic E-state index is 12.7. The van der Waals surface area contributed by atoms with Gasteiger partial charge in [-0.15, -0.1) is 0 Å². The highest BCUT2D eigenvalue weighted by Gasteiger charge is 2.25. The van der Waals surface area contributed by atoms with Crippen LogP contribution in [0.4, 0.5) is 10.5 Å². The fourth-order valence-corrected chi connectivity index (χ4v) is 5.05. The minimum atomic E-state index is -4.07. The Kier molecular flexibility index (Phi) is 8.94. The molecule has 0 bridgehead atoms. The second-order valence-electron chi connectivity index (χ2n) is 8.09. The van der Waals surface area contributed by atoms with E-state index in [0.717, 1.165) is 17.0 Å². The monoisotopic (exact) mass is 584 g/mol. The number of halogens is 2. The van der Waals surface area contributed by atoms with Crippen molar-refractivity contribution in [1.82, 2.24) is 4.72 Å². The summed E-state index contributed by atoms with van der Waals surface area (Å²) in [6, 6.07) is 10.7. The number of hydrogen-bond acceptors (Lipinski definition) is 8. The van der Waals surface area contributed by atoms with E-state index in [2.05, 4.69) is 4.72 Å². The molecule has 0 unspecified atom stereocenters. The molecule has 0 radical (unpaired) electrons. The van der Waals surface area contributed by atoms with E-state index >= 15 is 0 Å². The molecule has 0 aliphatic heterocycles. The van der Waals surface area contributed by atoms with Gasteiger partial charge in [-0.1, -0.05) is 23.2 Å². The Morgan fingerprint density at radius 2 is 1.55 bits per heavy atom. The van der Waals surface area contributed by atoms with Crippen LogP contribution in [0.3, 0.4) is 0 Å². The highest BCUT2D eigenvalue weighted by Crippen LogP contribution is 2.41. The highest BCUT2D eigenvalue weighted by molar-refractivity contribution is 7.89. The molecular formula is C24H22Cl2N2O9S. The molecule has 0 saturated carbocycles. The Labute approximate surface area is 227 Å². The van der Waals surface area contributed by atoms with Gasteiger partial charge in [0.1, 0.15) is 34.4 Å². The van der Waals surface area contributed by atoms with Gasteiger partial charge in [0.05, 0.1) is 15.7 Å². The molecule has 0 heterocycles. The summed E-state index contributed by atoms with van der Waals surface area (Å²) >= 11 is 12.7. The number of carbonyl (C=O) groups is 2. The molecule has 38 heavy (non-hydrogen) atoms. The van der Waals surface area contributed by atoms with Crippen molar-refractivity contribution >= 4 is 51.0 Å². The Morgan fingerprint density at radius 1 is 0.974 bits per heavy atom. The summed E-state index contributed by atoms with van der Waals surface area (Å²) in [5, 5.41) is 28.5. The molecule has 202 valence electrons. The number of ether oxygens (including phenoxy) is 2. The first kappa shape index (κ1) is 28.9. The molecule has 0 saturated heterocycles. The van der Waals surface area contributed by atoms with Crippen LogP contribution in [0, 0.1) is 0 Å². The Bertz CT molecular complexity index is 1440. The molecule has 0 aliphatic rings. The van der Waals surface area contributed by atoms with Crippen molar-refractivity contribution < 1.29 is 42.8 Å². The lowest BCUT2D eigenvalue weighted by molar-refractivity contribution is -0.135. The summed E-state index contributed by atoms with van der Waals surface area (Å²) in [5.41, 5.74) is -0.0337. The van der Waals surface area contributed by atoms with E-state index in [1.54, 1.807) is 13.8 Å². The molecule has 3 aromatic rings. The second kappa shape index (κ2) is 11.8. The summed E-state index contributed by atoms with van der Waals surface area (Å²) in [7, 11) is -4.07. The molecule has 0 atom stereocenters. The third kappa shape index (κ3) is 7.19. The van der Waals surface area contributed by atoms with E-state index in [0.29, 0.717) is 0 Å². The van der Waals surface area contributed by atoms with E-state index in [4.69, 9.17) is 32.7 Å². The van der Waals surface area contributed by atoms with Crippen LogP contribution in [-0.4, -0.2) is 48.4 Å². The molecule has 0 fully saturated rings. The molecule has 0 spiro atoms. The van der Waals surface area contributed by atoms with E-state index in [-0.39, 0.29) is 38.7 Å². The van der Waals surface area contributed by atoms with Gasteiger partial charge in [-0.25, -0.2) is 17.9 Å². The van der Waals surface area contributed by atoms with Gasteiger partial charge in [0.2, 0.25) is 10.0 Å². The van der Waals surface area contributed by atoms with Gasteiger partial charge in [-0.05, 0) is 62.4 Å². The van der Waals surface area contributed by atoms with Gasteiger partial charge in [0.15, 0.2) is 5.75 Å². The Hall–Kier alpha value is -3.71. The average Bonchev–Trinajstić information content (AvgIpc) is 2.81. The van der Waals surface area contributed by atoms with Gasteiger partial charge in [0, 0.05) is 12.1 Å². The largest absolute Gasteiger partial charge is 0.508 e. The van der Waals surface area contributed by atoms with Crippen LogP contribution < -0.4 is 19.1 Å². The lowest BCUT2D eigenvalue weighted by atomic mass is 10.2. The second-order valence-corrected chi connectivity index (χ2v) is 10.6. The van der Waals surface area contributed by atoms with Crippen molar-refractivity contribution in [2.75, 3.05) is 11.4 Å². The van der Waals surface area contributed by atoms with Gasteiger partial charge < -0.3 is 24.8 Å². The number of aliphatic carboxylic acids is 1. The minimum Gasteiger partial charge on any atom is -0.508 e. The maximum Gasteiger partial charge on any atom is 0.420 e. The first-order chi connectivity index (χ1) is 17.8. The number of benzene rings is 3. The molecule has 0 aromatic heterocycles. The number of anilines is 1. The molecule has 1 amide bonds. The number of aromatic hydroxyl groups is 2. The van der Waals surface area contributed by atoms with Gasteiger partial charge in [-0.3, -0.25) is 9.69 Å². The number of phenols is 2. The van der Waals surface area contributed by atoms with Crippen LogP contribution in [0.2, 0.25) is 10.0 Å². The van der Waals surface area contributed by atoms with Gasteiger partial charge in [0.25, 0.3) is 0 Å². The highest BCUT2D eigenvalue weighted by atomic mass is 35.5. The van der Waals surface area contributed by atoms with Crippen molar-refractivity contribution in [3.63, 3.8) is 0 Å². The normalized spacial score (nSPS) is 11.3. The number of rotatable bonds is 9. The molecule has 14 heteroatoms. The number of amides is 1. The van der Waals surface area contributed by atoms with Crippen LogP contribution in [0.25, 0.3) is 0 Å². The summed E-state index contributed by atoms with van der Waals surface area (Å²) in [6.07, 6.45) is -1.06. The van der Waals surface area contributed by atoms with Crippen LogP contribution in [0.1, 0.15) is 13.8 Å². The Morgan fingerprint density at radius 3 is 2.11 bits per heavy atom. The van der Waals surface area contributed by atoms with Gasteiger partial charge >= 0.3 is 12.1 Å². The quantitative estimate of drug-likeness (QED) is 0.271. The molecule has 3 rings (SSSR count). The lowest BCUT2D eigenvalue weighted by Gasteiger charge is -2.22. The standard InChI is InChI=1S/C24H22Cl2N2O9S/c1-13(2)27-38(34,35)21-11-17(7-8-20(21)30)36-23-18(25)9-14(10-19(23)26)28(12-22(31)32)24(33)37-16-5-3-15(29)4-6-16/h3-11,13,27,29-30H,12H2,1-2H3,(H,31,32). The van der Waals surface area contributed by atoms with E-state index in [1.807, 2.05) is 0 Å². The van der Waals surface area contributed by atoms with E-state index < -0.39 is 45.3 Å². The number of carboxylic acids is 1. The van der Waals surface area contributed by atoms with Gasteiger partial charge in [-0.2, -0.15) is 0 Å². The number of nitrogens with zero attached hydrogens (tertiary/aromatic N) is 1. The zero-order valence-corrected chi connectivity index (χ0v) is 22.2. The van der Waals surface area contributed by atoms with Crippen molar-refractivity contribution in [2.24, 2.45) is 0 Å². The predicted molar refractivity (Wildman–Crippen MR) is 139 cm³/mol. The maximum atomic E-state index is 12.7. The minimum absolute atomic E-state index is 0.0300. The number of hydrogen-bond donors (Lipinski definition) is 4. The van der Waals surface area contributed by atoms with Crippen molar-refractivity contribution in [3.8, 4) is 28.7 Å². The summed E-state index contributed by atoms with van der Waals surface area (Å²) < 4.78 is 38.3.